The summed E-state index contributed by atoms with van der Waals surface area (Å²) in [6.07, 6.45) is 0.474. The van der Waals surface area contributed by atoms with Gasteiger partial charge in [0, 0.05) is 29.7 Å². The first kappa shape index (κ1) is 32.7. The van der Waals surface area contributed by atoms with Gasteiger partial charge in [0.2, 0.25) is 0 Å². The van der Waals surface area contributed by atoms with Gasteiger partial charge in [-0.05, 0) is 35.7 Å². The average Bonchev–Trinajstić information content (AvgIpc) is 3.59. The molecule has 4 aromatic carbocycles. The summed E-state index contributed by atoms with van der Waals surface area (Å²) in [6, 6.07) is 38.6. The zero-order valence-electron chi connectivity index (χ0n) is 25.4. The van der Waals surface area contributed by atoms with Gasteiger partial charge in [0.15, 0.2) is 0 Å². The summed E-state index contributed by atoms with van der Waals surface area (Å²) in [5, 5.41) is 8.15. The Hall–Kier alpha value is -4.73. The lowest BCUT2D eigenvalue weighted by atomic mass is 9.84. The fraction of sp³-hybridized carbons (Fsp3) is 0.189. The quantitative estimate of drug-likeness (QED) is 0.105. The van der Waals surface area contributed by atoms with E-state index in [1.165, 1.54) is 11.3 Å². The van der Waals surface area contributed by atoms with Crippen molar-refractivity contribution in [3.63, 3.8) is 0 Å². The van der Waals surface area contributed by atoms with Crippen LogP contribution in [0.2, 0.25) is 0 Å². The molecule has 0 aliphatic heterocycles. The Morgan fingerprint density at radius 1 is 0.783 bits per heavy atom. The number of thioether (sulfide) groups is 1. The summed E-state index contributed by atoms with van der Waals surface area (Å²) >= 11 is 2.91. The monoisotopic (exact) mass is 649 g/mol. The van der Waals surface area contributed by atoms with E-state index >= 15 is 0 Å². The molecule has 0 radical (unpaired) electrons. The molecule has 234 valence electrons. The highest BCUT2D eigenvalue weighted by Gasteiger charge is 2.39. The molecule has 0 aliphatic carbocycles. The highest BCUT2D eigenvalue weighted by atomic mass is 32.2. The van der Waals surface area contributed by atoms with Crippen molar-refractivity contribution >= 4 is 40.9 Å². The molecule has 46 heavy (non-hydrogen) atoms. The van der Waals surface area contributed by atoms with Crippen LogP contribution in [0, 0.1) is 0 Å². The van der Waals surface area contributed by atoms with Crippen LogP contribution in [0.1, 0.15) is 49.5 Å². The number of carbonyl (C=O) groups excluding carboxylic acids is 3. The first-order chi connectivity index (χ1) is 22.5. The lowest BCUT2D eigenvalue weighted by Crippen LogP contribution is -2.45. The predicted octanol–water partition coefficient (Wildman–Crippen LogP) is 6.50. The van der Waals surface area contributed by atoms with Crippen LogP contribution < -0.4 is 10.6 Å². The summed E-state index contributed by atoms with van der Waals surface area (Å²) < 4.78 is 4.75. The summed E-state index contributed by atoms with van der Waals surface area (Å²) in [6.45, 7) is 2.31. The first-order valence-corrected chi connectivity index (χ1v) is 16.9. The van der Waals surface area contributed by atoms with Gasteiger partial charge in [0.25, 0.3) is 11.8 Å². The zero-order valence-corrected chi connectivity index (χ0v) is 27.1. The fourth-order valence-electron chi connectivity index (χ4n) is 5.13. The number of carbonyl (C=O) groups is 3. The SMILES string of the molecule is CCOC(=O)[C@H](CSC(c1ccccc1)(c1ccccc1)c1ccccc1)NC(=O)c1csc(CCNC(=O)c2ccccc2)n1. The third-order valence-electron chi connectivity index (χ3n) is 7.33. The highest BCUT2D eigenvalue weighted by molar-refractivity contribution is 8.00. The van der Waals surface area contributed by atoms with Crippen LogP contribution in [-0.4, -0.2) is 47.7 Å². The number of ether oxygens (including phenoxy) is 1. The van der Waals surface area contributed by atoms with Crippen molar-refractivity contribution in [3.8, 4) is 0 Å². The molecule has 9 heteroatoms. The maximum atomic E-state index is 13.4. The smallest absolute Gasteiger partial charge is 0.329 e. The number of benzene rings is 4. The van der Waals surface area contributed by atoms with Gasteiger partial charge in [-0.1, -0.05) is 109 Å². The third-order valence-corrected chi connectivity index (χ3v) is 9.88. The summed E-state index contributed by atoms with van der Waals surface area (Å²) in [5.74, 6) is -0.890. The molecule has 2 N–H and O–H groups in total. The van der Waals surface area contributed by atoms with E-state index in [1.54, 1.807) is 36.2 Å². The van der Waals surface area contributed by atoms with Crippen LogP contribution >= 0.6 is 23.1 Å². The number of amides is 2. The van der Waals surface area contributed by atoms with Crippen molar-refractivity contribution in [3.05, 3.63) is 160 Å². The summed E-state index contributed by atoms with van der Waals surface area (Å²) in [5.41, 5.74) is 3.95. The molecule has 1 heterocycles. The van der Waals surface area contributed by atoms with Gasteiger partial charge in [0.05, 0.1) is 16.4 Å². The molecule has 0 aliphatic rings. The zero-order chi connectivity index (χ0) is 32.2. The topological polar surface area (TPSA) is 97.4 Å². The van der Waals surface area contributed by atoms with Crippen molar-refractivity contribution in [2.45, 2.75) is 24.1 Å². The summed E-state index contributed by atoms with van der Waals surface area (Å²) in [7, 11) is 0. The van der Waals surface area contributed by atoms with Crippen molar-refractivity contribution < 1.29 is 19.1 Å². The van der Waals surface area contributed by atoms with E-state index in [0.717, 1.165) is 16.7 Å². The van der Waals surface area contributed by atoms with Gasteiger partial charge < -0.3 is 15.4 Å². The molecule has 5 rings (SSSR count). The Balaban J connectivity index is 1.34. The second kappa shape index (κ2) is 16.0. The van der Waals surface area contributed by atoms with Crippen LogP contribution in [0.25, 0.3) is 0 Å². The molecule has 0 saturated heterocycles. The lowest BCUT2D eigenvalue weighted by Gasteiger charge is -2.36. The van der Waals surface area contributed by atoms with Crippen molar-refractivity contribution in [2.75, 3.05) is 18.9 Å². The predicted molar refractivity (Wildman–Crippen MR) is 184 cm³/mol. The number of esters is 1. The Labute approximate surface area is 277 Å². The molecular weight excluding hydrogens is 615 g/mol. The molecule has 1 aromatic heterocycles. The number of hydrogen-bond donors (Lipinski definition) is 2. The second-order valence-electron chi connectivity index (χ2n) is 10.4. The van der Waals surface area contributed by atoms with E-state index in [9.17, 15) is 14.4 Å². The Morgan fingerprint density at radius 2 is 1.30 bits per heavy atom. The van der Waals surface area contributed by atoms with E-state index in [2.05, 4.69) is 52.0 Å². The molecular formula is C37H35N3O4S2. The minimum atomic E-state index is -0.928. The Bertz CT molecular complexity index is 1620. The fourth-order valence-corrected chi connectivity index (χ4v) is 7.45. The molecule has 0 bridgehead atoms. The van der Waals surface area contributed by atoms with E-state index in [-0.39, 0.29) is 24.0 Å². The van der Waals surface area contributed by atoms with Gasteiger partial charge in [-0.15, -0.1) is 23.1 Å². The van der Waals surface area contributed by atoms with Gasteiger partial charge in [-0.25, -0.2) is 9.78 Å². The van der Waals surface area contributed by atoms with Crippen LogP contribution in [0.5, 0.6) is 0 Å². The molecule has 0 saturated carbocycles. The van der Waals surface area contributed by atoms with Gasteiger partial charge in [-0.2, -0.15) is 0 Å². The number of nitrogens with one attached hydrogen (secondary N) is 2. The highest BCUT2D eigenvalue weighted by Crippen LogP contribution is 2.48. The number of hydrogen-bond acceptors (Lipinski definition) is 7. The van der Waals surface area contributed by atoms with E-state index in [0.29, 0.717) is 23.5 Å². The average molecular weight is 650 g/mol. The first-order valence-electron chi connectivity index (χ1n) is 15.1. The minimum Gasteiger partial charge on any atom is -0.464 e. The molecule has 1 atom stereocenters. The maximum absolute atomic E-state index is 13.4. The molecule has 5 aromatic rings. The minimum absolute atomic E-state index is 0.164. The molecule has 0 fully saturated rings. The largest absolute Gasteiger partial charge is 0.464 e. The molecule has 0 unspecified atom stereocenters. The molecule has 0 spiro atoms. The molecule has 7 nitrogen and oxygen atoms in total. The number of nitrogens with zero attached hydrogens (tertiary/aromatic N) is 1. The normalized spacial score (nSPS) is 11.8. The van der Waals surface area contributed by atoms with Crippen LogP contribution in [0.3, 0.4) is 0 Å². The van der Waals surface area contributed by atoms with Crippen LogP contribution in [0.4, 0.5) is 0 Å². The van der Waals surface area contributed by atoms with E-state index in [1.807, 2.05) is 72.8 Å². The second-order valence-corrected chi connectivity index (χ2v) is 12.5. The van der Waals surface area contributed by atoms with Crippen LogP contribution in [-0.2, 0) is 20.7 Å². The van der Waals surface area contributed by atoms with Crippen molar-refractivity contribution in [1.29, 1.82) is 0 Å². The van der Waals surface area contributed by atoms with E-state index in [4.69, 9.17) is 4.74 Å². The van der Waals surface area contributed by atoms with Crippen molar-refractivity contribution in [2.24, 2.45) is 0 Å². The van der Waals surface area contributed by atoms with Gasteiger partial charge in [0.1, 0.15) is 11.7 Å². The van der Waals surface area contributed by atoms with Gasteiger partial charge >= 0.3 is 5.97 Å². The Morgan fingerprint density at radius 3 is 1.83 bits per heavy atom. The number of rotatable bonds is 14. The van der Waals surface area contributed by atoms with Gasteiger partial charge in [-0.3, -0.25) is 9.59 Å². The molecule has 2 amide bonds. The Kier molecular flexibility index (Phi) is 11.4. The number of thiazole rings is 1. The van der Waals surface area contributed by atoms with E-state index < -0.39 is 22.7 Å². The van der Waals surface area contributed by atoms with Crippen molar-refractivity contribution in [1.82, 2.24) is 15.6 Å². The number of aromatic nitrogens is 1. The standard InChI is InChI=1S/C37H35N3O4S2/c1-2-44-36(43)32(40-35(42)31-25-45-33(39-31)23-24-38-34(41)27-15-7-3-8-16-27)26-46-37(28-17-9-4-10-18-28,29-19-11-5-12-20-29)30-21-13-6-14-22-30/h3-22,25,32H,2,23-24,26H2,1H3,(H,38,41)(H,40,42)/t32-/m0/s1. The summed E-state index contributed by atoms with van der Waals surface area (Å²) in [4.78, 5) is 43.5. The maximum Gasteiger partial charge on any atom is 0.329 e. The third kappa shape index (κ3) is 7.91. The van der Waals surface area contributed by atoms with Crippen LogP contribution in [0.15, 0.2) is 127 Å². The lowest BCUT2D eigenvalue weighted by molar-refractivity contribution is -0.144.